The van der Waals surface area contributed by atoms with Gasteiger partial charge in [-0.3, -0.25) is 9.69 Å². The number of fused-ring (bicyclic) bond motifs is 2. The monoisotopic (exact) mass is 442 g/mol. The van der Waals surface area contributed by atoms with Crippen LogP contribution in [-0.2, 0) is 37.3 Å². The number of aromatic hydroxyl groups is 1. The van der Waals surface area contributed by atoms with Crippen LogP contribution in [0.15, 0.2) is 66.7 Å². The molecule has 1 N–H and O–H groups in total. The molecule has 2 aliphatic heterocycles. The van der Waals surface area contributed by atoms with E-state index in [2.05, 4.69) is 53.4 Å². The van der Waals surface area contributed by atoms with Crippen LogP contribution in [0.5, 0.6) is 11.5 Å². The molecule has 33 heavy (non-hydrogen) atoms. The van der Waals surface area contributed by atoms with Gasteiger partial charge in [0, 0.05) is 26.2 Å². The average Bonchev–Trinajstić information content (AvgIpc) is 2.85. The number of hydrogen-bond acceptors (Lipinski definition) is 4. The van der Waals surface area contributed by atoms with Crippen molar-refractivity contribution in [1.29, 1.82) is 0 Å². The number of carbonyl (C=O) groups is 1. The predicted molar refractivity (Wildman–Crippen MR) is 128 cm³/mol. The highest BCUT2D eigenvalue weighted by molar-refractivity contribution is 5.83. The second-order valence-corrected chi connectivity index (χ2v) is 8.91. The Bertz CT molecular complexity index is 1160. The molecule has 0 aliphatic carbocycles. The Balaban J connectivity index is 1.41. The first kappa shape index (κ1) is 21.5. The first-order chi connectivity index (χ1) is 16.1. The zero-order chi connectivity index (χ0) is 22.8. The number of benzene rings is 3. The molecule has 170 valence electrons. The molecule has 2 heterocycles. The molecule has 2 aliphatic rings. The Labute approximate surface area is 195 Å². The summed E-state index contributed by atoms with van der Waals surface area (Å²) in [6.07, 6.45) is 1.62. The van der Waals surface area contributed by atoms with Gasteiger partial charge in [0.15, 0.2) is 11.5 Å². The first-order valence-electron chi connectivity index (χ1n) is 11.7. The second-order valence-electron chi connectivity index (χ2n) is 8.91. The van der Waals surface area contributed by atoms with Crippen molar-refractivity contribution in [2.24, 2.45) is 0 Å². The second kappa shape index (κ2) is 9.28. The van der Waals surface area contributed by atoms with Gasteiger partial charge in [-0.15, -0.1) is 0 Å². The smallest absolute Gasteiger partial charge is 0.240 e. The third-order valence-corrected chi connectivity index (χ3v) is 6.78. The van der Waals surface area contributed by atoms with Crippen molar-refractivity contribution in [3.05, 3.63) is 94.5 Å². The summed E-state index contributed by atoms with van der Waals surface area (Å²) in [5.41, 5.74) is 6.15. The lowest BCUT2D eigenvalue weighted by Gasteiger charge is -2.40. The summed E-state index contributed by atoms with van der Waals surface area (Å²) >= 11 is 0. The summed E-state index contributed by atoms with van der Waals surface area (Å²) in [6, 6.07) is 22.1. The molecule has 0 fully saturated rings. The molecule has 3 aromatic rings. The van der Waals surface area contributed by atoms with Crippen molar-refractivity contribution in [3.8, 4) is 11.5 Å². The van der Waals surface area contributed by atoms with E-state index in [1.165, 1.54) is 22.3 Å². The quantitative estimate of drug-likeness (QED) is 0.640. The minimum atomic E-state index is -0.213. The van der Waals surface area contributed by atoms with Gasteiger partial charge in [0.2, 0.25) is 5.91 Å². The Kier molecular flexibility index (Phi) is 6.05. The fraction of sp³-hybridized carbons (Fsp3) is 0.321. The van der Waals surface area contributed by atoms with Crippen LogP contribution in [0.25, 0.3) is 0 Å². The molecule has 5 rings (SSSR count). The zero-order valence-electron chi connectivity index (χ0n) is 19.0. The van der Waals surface area contributed by atoms with Crippen LogP contribution in [0.1, 0.15) is 34.7 Å². The zero-order valence-corrected chi connectivity index (χ0v) is 19.0. The Morgan fingerprint density at radius 3 is 2.42 bits per heavy atom. The van der Waals surface area contributed by atoms with Crippen LogP contribution in [0, 0.1) is 0 Å². The van der Waals surface area contributed by atoms with Gasteiger partial charge >= 0.3 is 0 Å². The third-order valence-electron chi connectivity index (χ3n) is 6.78. The molecule has 5 heteroatoms. The normalized spacial score (nSPS) is 17.8. The summed E-state index contributed by atoms with van der Waals surface area (Å²) in [5, 5.41) is 10.1. The molecular formula is C28H30N2O3. The fourth-order valence-electron chi connectivity index (χ4n) is 5.04. The van der Waals surface area contributed by atoms with Crippen LogP contribution in [0.3, 0.4) is 0 Å². The lowest BCUT2D eigenvalue weighted by Crippen LogP contribution is -2.52. The van der Waals surface area contributed by atoms with E-state index in [9.17, 15) is 9.90 Å². The van der Waals surface area contributed by atoms with E-state index in [1.807, 2.05) is 24.0 Å². The van der Waals surface area contributed by atoms with Gasteiger partial charge in [-0.05, 0) is 59.7 Å². The number of phenols is 1. The maximum atomic E-state index is 13.8. The number of amides is 1. The van der Waals surface area contributed by atoms with Crippen LogP contribution >= 0.6 is 0 Å². The third kappa shape index (κ3) is 4.46. The van der Waals surface area contributed by atoms with E-state index >= 15 is 0 Å². The number of rotatable bonds is 5. The van der Waals surface area contributed by atoms with Crippen LogP contribution in [0.2, 0.25) is 0 Å². The summed E-state index contributed by atoms with van der Waals surface area (Å²) in [5.74, 6) is 0.829. The van der Waals surface area contributed by atoms with E-state index in [0.29, 0.717) is 31.9 Å². The largest absolute Gasteiger partial charge is 0.504 e. The van der Waals surface area contributed by atoms with Gasteiger partial charge in [0.1, 0.15) is 0 Å². The van der Waals surface area contributed by atoms with Crippen molar-refractivity contribution in [2.45, 2.75) is 45.4 Å². The highest BCUT2D eigenvalue weighted by atomic mass is 16.5. The summed E-state index contributed by atoms with van der Waals surface area (Å²) in [6.45, 7) is 5.17. The Hall–Kier alpha value is -3.31. The molecule has 0 radical (unpaired) electrons. The van der Waals surface area contributed by atoms with E-state index < -0.39 is 0 Å². The van der Waals surface area contributed by atoms with Gasteiger partial charge in [-0.2, -0.15) is 0 Å². The first-order valence-corrected chi connectivity index (χ1v) is 11.7. The minimum Gasteiger partial charge on any atom is -0.504 e. The van der Waals surface area contributed by atoms with E-state index in [-0.39, 0.29) is 17.7 Å². The Morgan fingerprint density at radius 2 is 1.67 bits per heavy atom. The molecule has 0 saturated carbocycles. The molecule has 0 spiro atoms. The number of ether oxygens (including phenoxy) is 1. The Morgan fingerprint density at radius 1 is 0.970 bits per heavy atom. The highest BCUT2D eigenvalue weighted by Gasteiger charge is 2.35. The van der Waals surface area contributed by atoms with Crippen molar-refractivity contribution in [3.63, 3.8) is 0 Å². The van der Waals surface area contributed by atoms with Gasteiger partial charge in [0.05, 0.1) is 12.6 Å². The maximum absolute atomic E-state index is 13.8. The topological polar surface area (TPSA) is 53.0 Å². The summed E-state index contributed by atoms with van der Waals surface area (Å²) in [4.78, 5) is 18.1. The van der Waals surface area contributed by atoms with Gasteiger partial charge < -0.3 is 14.7 Å². The van der Waals surface area contributed by atoms with E-state index in [0.717, 1.165) is 25.1 Å². The van der Waals surface area contributed by atoms with Crippen LogP contribution in [-0.4, -0.2) is 40.0 Å². The molecule has 0 aromatic heterocycles. The van der Waals surface area contributed by atoms with Crippen LogP contribution < -0.4 is 4.74 Å². The standard InChI is InChI=1S/C28H30N2O3/c1-2-33-27-15-20(11-12-26(27)31)17-30-19-24-10-6-4-8-22(24)16-25(30)28(32)29-14-13-21-7-3-5-9-23(21)18-29/h3-12,15,25,31H,2,13-14,16-19H2,1H3/t25-/m0/s1. The lowest BCUT2D eigenvalue weighted by molar-refractivity contribution is -0.139. The van der Waals surface area contributed by atoms with Gasteiger partial charge in [-0.25, -0.2) is 0 Å². The summed E-state index contributed by atoms with van der Waals surface area (Å²) in [7, 11) is 0. The predicted octanol–water partition coefficient (Wildman–Crippen LogP) is 4.30. The number of nitrogens with zero attached hydrogens (tertiary/aromatic N) is 2. The van der Waals surface area contributed by atoms with E-state index in [1.54, 1.807) is 6.07 Å². The maximum Gasteiger partial charge on any atom is 0.240 e. The SMILES string of the molecule is CCOc1cc(CN2Cc3ccccc3C[C@H]2C(=O)N2CCc3ccccc3C2)ccc1O. The molecule has 0 saturated heterocycles. The molecular weight excluding hydrogens is 412 g/mol. The number of carbonyl (C=O) groups excluding carboxylic acids is 1. The van der Waals surface area contributed by atoms with E-state index in [4.69, 9.17) is 4.74 Å². The highest BCUT2D eigenvalue weighted by Crippen LogP contribution is 2.31. The number of hydrogen-bond donors (Lipinski definition) is 1. The molecule has 3 aromatic carbocycles. The minimum absolute atomic E-state index is 0.143. The van der Waals surface area contributed by atoms with Crippen molar-refractivity contribution < 1.29 is 14.6 Å². The van der Waals surface area contributed by atoms with Crippen molar-refractivity contribution in [2.75, 3.05) is 13.2 Å². The molecule has 1 amide bonds. The number of phenolic OH excluding ortho intramolecular Hbond substituents is 1. The lowest BCUT2D eigenvalue weighted by atomic mass is 9.91. The van der Waals surface area contributed by atoms with Gasteiger partial charge in [0.25, 0.3) is 0 Å². The average molecular weight is 443 g/mol. The van der Waals surface area contributed by atoms with Crippen LogP contribution in [0.4, 0.5) is 0 Å². The summed E-state index contributed by atoms with van der Waals surface area (Å²) < 4.78 is 5.58. The molecule has 1 atom stereocenters. The van der Waals surface area contributed by atoms with Crippen molar-refractivity contribution >= 4 is 5.91 Å². The molecule has 0 bridgehead atoms. The molecule has 0 unspecified atom stereocenters. The van der Waals surface area contributed by atoms with Gasteiger partial charge in [-0.1, -0.05) is 54.6 Å². The van der Waals surface area contributed by atoms with Crippen molar-refractivity contribution in [1.82, 2.24) is 9.80 Å². The fourth-order valence-corrected chi connectivity index (χ4v) is 5.04. The molecule has 5 nitrogen and oxygen atoms in total.